The van der Waals surface area contributed by atoms with E-state index in [1.165, 1.54) is 20.2 Å². The van der Waals surface area contributed by atoms with Gasteiger partial charge in [-0.15, -0.1) is 0 Å². The third-order valence-electron chi connectivity index (χ3n) is 2.84. The van der Waals surface area contributed by atoms with Crippen LogP contribution in [0.5, 0.6) is 0 Å². The molecule has 9 nitrogen and oxygen atoms in total. The largest absolute Gasteiger partial charge is 0.478 e. The average molecular weight is 298 g/mol. The van der Waals surface area contributed by atoms with Crippen LogP contribution in [0.15, 0.2) is 10.9 Å². The number of nitrogens with zero attached hydrogens (tertiary/aromatic N) is 1. The zero-order valence-electron chi connectivity index (χ0n) is 11.8. The third-order valence-corrected chi connectivity index (χ3v) is 2.84. The van der Waals surface area contributed by atoms with Crippen molar-refractivity contribution < 1.29 is 19.5 Å². The standard InChI is InChI=1S/C12H18N4O5/c1-14-9(17)3-4-21-15-6-7-5-8(12(19)20)10(13)16(2)11(7)18/h5,15H,3-4,6,13H2,1-2H3,(H,14,17)(H,19,20). The van der Waals surface area contributed by atoms with Gasteiger partial charge in [-0.3, -0.25) is 14.2 Å². The number of carboxylic acid groups (broad SMARTS) is 1. The molecule has 9 heteroatoms. The number of hydrogen-bond donors (Lipinski definition) is 4. The van der Waals surface area contributed by atoms with Crippen LogP contribution >= 0.6 is 0 Å². The second kappa shape index (κ2) is 7.41. The molecule has 0 spiro atoms. The van der Waals surface area contributed by atoms with Gasteiger partial charge in [0, 0.05) is 19.7 Å². The number of carbonyl (C=O) groups excluding carboxylic acids is 1. The Morgan fingerprint density at radius 1 is 1.48 bits per heavy atom. The summed E-state index contributed by atoms with van der Waals surface area (Å²) in [4.78, 5) is 38.9. The summed E-state index contributed by atoms with van der Waals surface area (Å²) in [5.74, 6) is -1.50. The molecule has 0 aromatic carbocycles. The Balaban J connectivity index is 2.69. The number of aromatic nitrogens is 1. The van der Waals surface area contributed by atoms with E-state index in [9.17, 15) is 14.4 Å². The summed E-state index contributed by atoms with van der Waals surface area (Å²) in [6.45, 7) is 0.127. The van der Waals surface area contributed by atoms with Gasteiger partial charge in [-0.2, -0.15) is 5.48 Å². The molecule has 0 fully saturated rings. The van der Waals surface area contributed by atoms with Gasteiger partial charge in [0.15, 0.2) is 0 Å². The van der Waals surface area contributed by atoms with Crippen molar-refractivity contribution in [1.29, 1.82) is 0 Å². The number of hydroxylamine groups is 1. The first-order valence-electron chi connectivity index (χ1n) is 6.15. The zero-order chi connectivity index (χ0) is 16.0. The molecule has 0 saturated heterocycles. The quantitative estimate of drug-likeness (QED) is 0.367. The highest BCUT2D eigenvalue weighted by molar-refractivity contribution is 5.92. The summed E-state index contributed by atoms with van der Waals surface area (Å²) in [5.41, 5.74) is 7.70. The van der Waals surface area contributed by atoms with Crippen LogP contribution in [0, 0.1) is 0 Å². The number of nitrogens with one attached hydrogen (secondary N) is 2. The molecule has 0 bridgehead atoms. The summed E-state index contributed by atoms with van der Waals surface area (Å²) in [6, 6.07) is 1.20. The van der Waals surface area contributed by atoms with Crippen molar-refractivity contribution in [1.82, 2.24) is 15.4 Å². The molecule has 5 N–H and O–H groups in total. The fourth-order valence-corrected chi connectivity index (χ4v) is 1.58. The topological polar surface area (TPSA) is 136 Å². The molecule has 0 saturated carbocycles. The summed E-state index contributed by atoms with van der Waals surface area (Å²) >= 11 is 0. The van der Waals surface area contributed by atoms with Gasteiger partial charge in [-0.05, 0) is 6.07 Å². The summed E-state index contributed by atoms with van der Waals surface area (Å²) in [5, 5.41) is 11.4. The Labute approximate surface area is 120 Å². The van der Waals surface area contributed by atoms with Crippen LogP contribution in [0.25, 0.3) is 0 Å². The summed E-state index contributed by atoms with van der Waals surface area (Å²) in [6.07, 6.45) is 0.170. The number of rotatable bonds is 7. The molecule has 1 heterocycles. The Morgan fingerprint density at radius 2 is 2.14 bits per heavy atom. The fraction of sp³-hybridized carbons (Fsp3) is 0.417. The van der Waals surface area contributed by atoms with Crippen molar-refractivity contribution in [2.45, 2.75) is 13.0 Å². The number of pyridine rings is 1. The number of hydrogen-bond acceptors (Lipinski definition) is 6. The van der Waals surface area contributed by atoms with E-state index >= 15 is 0 Å². The van der Waals surface area contributed by atoms with Gasteiger partial charge in [-0.1, -0.05) is 0 Å². The molecule has 0 atom stereocenters. The number of aromatic carboxylic acids is 1. The predicted octanol–water partition coefficient (Wildman–Crippen LogP) is -1.18. The van der Waals surface area contributed by atoms with E-state index in [4.69, 9.17) is 15.7 Å². The lowest BCUT2D eigenvalue weighted by molar-refractivity contribution is -0.122. The summed E-state index contributed by atoms with van der Waals surface area (Å²) in [7, 11) is 2.90. The Bertz CT molecular complexity index is 596. The second-order valence-electron chi connectivity index (χ2n) is 4.23. The molecule has 1 aromatic heterocycles. The first-order valence-corrected chi connectivity index (χ1v) is 6.15. The first-order chi connectivity index (χ1) is 9.88. The highest BCUT2D eigenvalue weighted by atomic mass is 16.6. The molecule has 1 aromatic rings. The molecule has 0 aliphatic heterocycles. The highest BCUT2D eigenvalue weighted by Gasteiger charge is 2.15. The first kappa shape index (κ1) is 16.7. The van der Waals surface area contributed by atoms with E-state index in [1.807, 2.05) is 0 Å². The SMILES string of the molecule is CNC(=O)CCONCc1cc(C(=O)O)c(N)n(C)c1=O. The van der Waals surface area contributed by atoms with Gasteiger partial charge in [-0.25, -0.2) is 4.79 Å². The van der Waals surface area contributed by atoms with Crippen LogP contribution in [0.2, 0.25) is 0 Å². The van der Waals surface area contributed by atoms with E-state index in [0.717, 1.165) is 4.57 Å². The lowest BCUT2D eigenvalue weighted by Gasteiger charge is -2.11. The number of nitrogen functional groups attached to an aromatic ring is 1. The lowest BCUT2D eigenvalue weighted by atomic mass is 10.2. The van der Waals surface area contributed by atoms with E-state index in [-0.39, 0.29) is 42.4 Å². The van der Waals surface area contributed by atoms with Gasteiger partial charge in [0.25, 0.3) is 5.56 Å². The smallest absolute Gasteiger partial charge is 0.339 e. The average Bonchev–Trinajstić information content (AvgIpc) is 2.45. The molecule has 21 heavy (non-hydrogen) atoms. The van der Waals surface area contributed by atoms with Gasteiger partial charge in [0.1, 0.15) is 11.4 Å². The van der Waals surface area contributed by atoms with E-state index in [0.29, 0.717) is 0 Å². The number of nitrogens with two attached hydrogens (primary N) is 1. The normalized spacial score (nSPS) is 10.4. The van der Waals surface area contributed by atoms with Crippen LogP contribution < -0.4 is 22.1 Å². The molecular weight excluding hydrogens is 280 g/mol. The second-order valence-corrected chi connectivity index (χ2v) is 4.23. The van der Waals surface area contributed by atoms with E-state index in [2.05, 4.69) is 10.8 Å². The van der Waals surface area contributed by atoms with Crippen molar-refractivity contribution in [3.8, 4) is 0 Å². The number of carbonyl (C=O) groups is 2. The molecule has 0 unspecified atom stereocenters. The maximum absolute atomic E-state index is 11.9. The molecule has 0 aliphatic rings. The van der Waals surface area contributed by atoms with Gasteiger partial charge in [0.2, 0.25) is 5.91 Å². The van der Waals surface area contributed by atoms with Crippen LogP contribution in [-0.2, 0) is 23.2 Å². The maximum Gasteiger partial charge on any atom is 0.339 e. The number of amides is 1. The molecule has 1 rings (SSSR count). The lowest BCUT2D eigenvalue weighted by Crippen LogP contribution is -2.29. The van der Waals surface area contributed by atoms with Crippen molar-refractivity contribution in [2.75, 3.05) is 19.4 Å². The molecule has 0 aliphatic carbocycles. The van der Waals surface area contributed by atoms with Crippen molar-refractivity contribution in [3.63, 3.8) is 0 Å². The van der Waals surface area contributed by atoms with Crippen molar-refractivity contribution in [3.05, 3.63) is 27.5 Å². The summed E-state index contributed by atoms with van der Waals surface area (Å²) < 4.78 is 1.06. The molecule has 1 amide bonds. The van der Waals surface area contributed by atoms with Gasteiger partial charge >= 0.3 is 5.97 Å². The Morgan fingerprint density at radius 3 is 2.71 bits per heavy atom. The third kappa shape index (κ3) is 4.29. The van der Waals surface area contributed by atoms with Crippen LogP contribution in [0.3, 0.4) is 0 Å². The van der Waals surface area contributed by atoms with E-state index in [1.54, 1.807) is 0 Å². The minimum Gasteiger partial charge on any atom is -0.478 e. The maximum atomic E-state index is 11.9. The molecular formula is C12H18N4O5. The van der Waals surface area contributed by atoms with Crippen LogP contribution in [0.1, 0.15) is 22.3 Å². The highest BCUT2D eigenvalue weighted by Crippen LogP contribution is 2.10. The monoisotopic (exact) mass is 298 g/mol. The van der Waals surface area contributed by atoms with Crippen molar-refractivity contribution >= 4 is 17.7 Å². The zero-order valence-corrected chi connectivity index (χ0v) is 11.8. The molecule has 116 valence electrons. The Hall–Kier alpha value is -2.39. The minimum atomic E-state index is -1.22. The van der Waals surface area contributed by atoms with Crippen LogP contribution in [-0.4, -0.2) is 35.2 Å². The van der Waals surface area contributed by atoms with Gasteiger partial charge in [0.05, 0.1) is 19.6 Å². The Kier molecular flexibility index (Phi) is 5.88. The van der Waals surface area contributed by atoms with E-state index < -0.39 is 11.5 Å². The van der Waals surface area contributed by atoms with Crippen molar-refractivity contribution in [2.24, 2.45) is 7.05 Å². The molecule has 0 radical (unpaired) electrons. The minimum absolute atomic E-state index is 0.000970. The fourth-order valence-electron chi connectivity index (χ4n) is 1.58. The van der Waals surface area contributed by atoms with Crippen LogP contribution in [0.4, 0.5) is 5.82 Å². The number of carboxylic acids is 1. The predicted molar refractivity (Wildman–Crippen MR) is 74.5 cm³/mol. The number of anilines is 1. The van der Waals surface area contributed by atoms with Gasteiger partial charge < -0.3 is 21.0 Å².